The molecule has 0 aromatic carbocycles. The Labute approximate surface area is 119 Å². The number of aromatic amines is 1. The number of piperazine rings is 1. The lowest BCUT2D eigenvalue weighted by molar-refractivity contribution is -0.131. The van der Waals surface area contributed by atoms with E-state index in [1.54, 1.807) is 7.05 Å². The second-order valence-electron chi connectivity index (χ2n) is 4.43. The molecule has 1 aliphatic heterocycles. The molecular formula is C11H17N5O3S. The smallest absolute Gasteiger partial charge is 0.339 e. The third kappa shape index (κ3) is 3.70. The average Bonchev–Trinajstić information content (AvgIpc) is 2.45. The fourth-order valence-electron chi connectivity index (χ4n) is 1.89. The molecule has 1 fully saturated rings. The number of hydrogen-bond donors (Lipinski definition) is 2. The van der Waals surface area contributed by atoms with Gasteiger partial charge in [-0.05, 0) is 0 Å². The van der Waals surface area contributed by atoms with Gasteiger partial charge in [0, 0.05) is 45.4 Å². The molecule has 0 spiro atoms. The summed E-state index contributed by atoms with van der Waals surface area (Å²) in [6.07, 6.45) is 0.389. The Hall–Kier alpha value is -1.61. The summed E-state index contributed by atoms with van der Waals surface area (Å²) < 4.78 is 1.39. The minimum atomic E-state index is -0.806. The van der Waals surface area contributed by atoms with Gasteiger partial charge in [0.25, 0.3) is 0 Å². The molecule has 1 aromatic heterocycles. The maximum Gasteiger partial charge on any atom is 0.339 e. The molecule has 1 aliphatic rings. The maximum atomic E-state index is 11.9. The van der Waals surface area contributed by atoms with E-state index >= 15 is 0 Å². The van der Waals surface area contributed by atoms with Crippen LogP contribution in [0.4, 0.5) is 0 Å². The zero-order valence-electron chi connectivity index (χ0n) is 11.2. The van der Waals surface area contributed by atoms with Gasteiger partial charge in [0.15, 0.2) is 5.16 Å². The number of hydrogen-bond acceptors (Lipinski definition) is 6. The van der Waals surface area contributed by atoms with E-state index in [2.05, 4.69) is 15.4 Å². The number of aromatic nitrogens is 3. The van der Waals surface area contributed by atoms with Crippen LogP contribution in [0.1, 0.15) is 6.42 Å². The summed E-state index contributed by atoms with van der Waals surface area (Å²) in [6.45, 7) is 3.13. The van der Waals surface area contributed by atoms with Gasteiger partial charge in [0.05, 0.1) is 0 Å². The molecule has 1 saturated heterocycles. The minimum absolute atomic E-state index is 0.105. The van der Waals surface area contributed by atoms with Crippen molar-refractivity contribution in [3.63, 3.8) is 0 Å². The van der Waals surface area contributed by atoms with Crippen molar-refractivity contribution >= 4 is 17.7 Å². The number of amides is 1. The molecule has 0 bridgehead atoms. The molecule has 2 rings (SSSR count). The number of thioether (sulfide) groups is 1. The normalized spacial score (nSPS) is 15.3. The van der Waals surface area contributed by atoms with Crippen LogP contribution in [-0.4, -0.2) is 57.5 Å². The van der Waals surface area contributed by atoms with Gasteiger partial charge in [0.2, 0.25) is 5.91 Å². The molecule has 110 valence electrons. The SMILES string of the molecule is Cn1[nH]c(=O)c(=O)nc1SCCC(=O)N1CCNCC1. The second kappa shape index (κ2) is 6.71. The predicted molar refractivity (Wildman–Crippen MR) is 74.9 cm³/mol. The van der Waals surface area contributed by atoms with E-state index in [1.165, 1.54) is 16.4 Å². The highest BCUT2D eigenvalue weighted by Gasteiger charge is 2.16. The van der Waals surface area contributed by atoms with Gasteiger partial charge < -0.3 is 10.2 Å². The Bertz CT molecular complexity index is 590. The third-order valence-corrected chi connectivity index (χ3v) is 4.00. The van der Waals surface area contributed by atoms with E-state index in [-0.39, 0.29) is 5.91 Å². The Morgan fingerprint density at radius 3 is 2.75 bits per heavy atom. The molecule has 0 atom stereocenters. The first-order chi connectivity index (χ1) is 9.58. The second-order valence-corrected chi connectivity index (χ2v) is 5.49. The van der Waals surface area contributed by atoms with Crippen molar-refractivity contribution in [3.8, 4) is 0 Å². The molecule has 0 saturated carbocycles. The van der Waals surface area contributed by atoms with Gasteiger partial charge in [-0.2, -0.15) is 4.98 Å². The average molecular weight is 299 g/mol. The first-order valence-corrected chi connectivity index (χ1v) is 7.35. The monoisotopic (exact) mass is 299 g/mol. The highest BCUT2D eigenvalue weighted by Crippen LogP contribution is 2.13. The molecule has 20 heavy (non-hydrogen) atoms. The van der Waals surface area contributed by atoms with Crippen LogP contribution in [0.3, 0.4) is 0 Å². The quantitative estimate of drug-likeness (QED) is 0.512. The fourth-order valence-corrected chi connectivity index (χ4v) is 2.74. The Morgan fingerprint density at radius 2 is 2.05 bits per heavy atom. The highest BCUT2D eigenvalue weighted by atomic mass is 32.2. The lowest BCUT2D eigenvalue weighted by Crippen LogP contribution is -2.46. The molecule has 0 unspecified atom stereocenters. The van der Waals surface area contributed by atoms with Gasteiger partial charge in [-0.3, -0.25) is 24.2 Å². The maximum absolute atomic E-state index is 11.9. The predicted octanol–water partition coefficient (Wildman–Crippen LogP) is -1.62. The summed E-state index contributed by atoms with van der Waals surface area (Å²) in [6, 6.07) is 0. The zero-order valence-corrected chi connectivity index (χ0v) is 12.0. The van der Waals surface area contributed by atoms with Gasteiger partial charge >= 0.3 is 11.1 Å². The van der Waals surface area contributed by atoms with Crippen LogP contribution in [-0.2, 0) is 11.8 Å². The summed E-state index contributed by atoms with van der Waals surface area (Å²) in [5, 5.41) is 5.97. The zero-order chi connectivity index (χ0) is 14.5. The largest absolute Gasteiger partial charge is 0.340 e. The van der Waals surface area contributed by atoms with E-state index in [0.29, 0.717) is 17.3 Å². The molecule has 0 aliphatic carbocycles. The fraction of sp³-hybridized carbons (Fsp3) is 0.636. The molecule has 2 heterocycles. The van der Waals surface area contributed by atoms with Crippen LogP contribution in [0.25, 0.3) is 0 Å². The Kier molecular flexibility index (Phi) is 4.96. The highest BCUT2D eigenvalue weighted by molar-refractivity contribution is 7.99. The Morgan fingerprint density at radius 1 is 1.35 bits per heavy atom. The summed E-state index contributed by atoms with van der Waals surface area (Å²) >= 11 is 1.28. The van der Waals surface area contributed by atoms with Crippen molar-refractivity contribution in [1.29, 1.82) is 0 Å². The molecule has 1 aromatic rings. The van der Waals surface area contributed by atoms with Gasteiger partial charge in [-0.1, -0.05) is 11.8 Å². The van der Waals surface area contributed by atoms with E-state index in [0.717, 1.165) is 26.2 Å². The number of aryl methyl sites for hydroxylation is 1. The van der Waals surface area contributed by atoms with Crippen molar-refractivity contribution < 1.29 is 4.79 Å². The van der Waals surface area contributed by atoms with Crippen LogP contribution >= 0.6 is 11.8 Å². The number of nitrogens with zero attached hydrogens (tertiary/aromatic N) is 3. The van der Waals surface area contributed by atoms with Gasteiger partial charge in [-0.15, -0.1) is 0 Å². The third-order valence-electron chi connectivity index (χ3n) is 2.96. The van der Waals surface area contributed by atoms with Crippen LogP contribution in [0, 0.1) is 0 Å². The van der Waals surface area contributed by atoms with E-state index in [9.17, 15) is 14.4 Å². The van der Waals surface area contributed by atoms with Crippen LogP contribution < -0.4 is 16.4 Å². The van der Waals surface area contributed by atoms with E-state index < -0.39 is 11.1 Å². The Balaban J connectivity index is 1.86. The van der Waals surface area contributed by atoms with E-state index in [4.69, 9.17) is 0 Å². The lowest BCUT2D eigenvalue weighted by atomic mass is 10.3. The summed E-state index contributed by atoms with van der Waals surface area (Å²) in [7, 11) is 1.61. The van der Waals surface area contributed by atoms with Crippen molar-refractivity contribution in [2.24, 2.45) is 7.05 Å². The first-order valence-electron chi connectivity index (χ1n) is 6.36. The number of carbonyl (C=O) groups excluding carboxylic acids is 1. The number of carbonyl (C=O) groups is 1. The minimum Gasteiger partial charge on any atom is -0.340 e. The van der Waals surface area contributed by atoms with Crippen LogP contribution in [0.15, 0.2) is 14.7 Å². The van der Waals surface area contributed by atoms with E-state index in [1.807, 2.05) is 4.90 Å². The van der Waals surface area contributed by atoms with Crippen LogP contribution in [0.5, 0.6) is 0 Å². The molecule has 1 amide bonds. The molecular weight excluding hydrogens is 282 g/mol. The molecule has 2 N–H and O–H groups in total. The number of rotatable bonds is 4. The van der Waals surface area contributed by atoms with Crippen molar-refractivity contribution in [1.82, 2.24) is 25.0 Å². The topological polar surface area (TPSA) is 100 Å². The van der Waals surface area contributed by atoms with Crippen molar-refractivity contribution in [2.45, 2.75) is 11.6 Å². The number of nitrogens with one attached hydrogen (secondary N) is 2. The van der Waals surface area contributed by atoms with Gasteiger partial charge in [0.1, 0.15) is 0 Å². The lowest BCUT2D eigenvalue weighted by Gasteiger charge is -2.27. The summed E-state index contributed by atoms with van der Waals surface area (Å²) in [4.78, 5) is 39.7. The summed E-state index contributed by atoms with van der Waals surface area (Å²) in [5.41, 5.74) is -1.55. The molecule has 0 radical (unpaired) electrons. The number of H-pyrrole nitrogens is 1. The molecule has 8 nitrogen and oxygen atoms in total. The first kappa shape index (κ1) is 14.8. The molecule has 9 heteroatoms. The van der Waals surface area contributed by atoms with Crippen molar-refractivity contribution in [3.05, 3.63) is 20.7 Å². The van der Waals surface area contributed by atoms with Crippen molar-refractivity contribution in [2.75, 3.05) is 31.9 Å². The standard InChI is InChI=1S/C11H17N5O3S/c1-15-11(13-9(18)10(19)14-15)20-7-2-8(17)16-5-3-12-4-6-16/h12H,2-7H2,1H3,(H,14,19). The summed E-state index contributed by atoms with van der Waals surface area (Å²) in [5.74, 6) is 0.628. The van der Waals surface area contributed by atoms with Crippen LogP contribution in [0.2, 0.25) is 0 Å². The van der Waals surface area contributed by atoms with Gasteiger partial charge in [-0.25, -0.2) is 0 Å².